The summed E-state index contributed by atoms with van der Waals surface area (Å²) in [7, 11) is 2.05. The summed E-state index contributed by atoms with van der Waals surface area (Å²) in [5.41, 5.74) is -0.271. The molecule has 8 heteroatoms. The van der Waals surface area contributed by atoms with E-state index in [2.05, 4.69) is 27.2 Å². The van der Waals surface area contributed by atoms with Crippen molar-refractivity contribution in [2.75, 3.05) is 33.2 Å². The van der Waals surface area contributed by atoms with Gasteiger partial charge in [0.25, 0.3) is 11.5 Å². The number of piperazine rings is 1. The first-order chi connectivity index (χ1) is 11.0. The van der Waals surface area contributed by atoms with Crippen molar-refractivity contribution in [3.63, 3.8) is 0 Å². The van der Waals surface area contributed by atoms with Crippen LogP contribution in [-0.4, -0.2) is 70.3 Å². The van der Waals surface area contributed by atoms with Gasteiger partial charge in [-0.2, -0.15) is 0 Å². The first kappa shape index (κ1) is 15.7. The average Bonchev–Trinajstić information content (AvgIpc) is 2.73. The number of hydrogen-bond acceptors (Lipinski definition) is 5. The second kappa shape index (κ2) is 6.11. The highest BCUT2D eigenvalue weighted by molar-refractivity contribution is 5.92. The minimum atomic E-state index is -0.329. The van der Waals surface area contributed by atoms with E-state index in [1.807, 2.05) is 0 Å². The van der Waals surface area contributed by atoms with Crippen LogP contribution in [0.3, 0.4) is 0 Å². The Labute approximate surface area is 133 Å². The Hall–Kier alpha value is -2.22. The lowest BCUT2D eigenvalue weighted by atomic mass is 9.86. The highest BCUT2D eigenvalue weighted by Crippen LogP contribution is 2.30. The molecule has 2 saturated heterocycles. The second-order valence-corrected chi connectivity index (χ2v) is 6.27. The van der Waals surface area contributed by atoms with E-state index in [0.717, 1.165) is 25.6 Å². The van der Waals surface area contributed by atoms with Gasteiger partial charge in [-0.05, 0) is 19.9 Å². The maximum atomic E-state index is 12.6. The first-order valence-corrected chi connectivity index (χ1v) is 7.82. The fraction of sp³-hybridized carbons (Fsp3) is 0.600. The standard InChI is InChI=1S/C15H21N5O3/c1-19-6-7-20(14(23)11-8-18-13(22)9-17-11)10-15(19)3-2-12(21)16-5-4-15/h8-9H,2-7,10H2,1H3,(H,16,21)(H,18,22). The summed E-state index contributed by atoms with van der Waals surface area (Å²) >= 11 is 0. The molecule has 2 fully saturated rings. The number of hydrogen-bond donors (Lipinski definition) is 2. The van der Waals surface area contributed by atoms with Crippen LogP contribution in [0.25, 0.3) is 0 Å². The zero-order chi connectivity index (χ0) is 16.4. The zero-order valence-electron chi connectivity index (χ0n) is 13.2. The molecule has 8 nitrogen and oxygen atoms in total. The van der Waals surface area contributed by atoms with Crippen LogP contribution in [0.5, 0.6) is 0 Å². The Balaban J connectivity index is 1.79. The minimum Gasteiger partial charge on any atom is -0.356 e. The molecule has 2 aliphatic heterocycles. The largest absolute Gasteiger partial charge is 0.356 e. The summed E-state index contributed by atoms with van der Waals surface area (Å²) in [5.74, 6) is -0.113. The van der Waals surface area contributed by atoms with Crippen LogP contribution in [0.15, 0.2) is 17.2 Å². The molecule has 0 aliphatic carbocycles. The normalized spacial score (nSPS) is 26.0. The Kier molecular flexibility index (Phi) is 4.16. The number of rotatable bonds is 1. The Morgan fingerprint density at radius 3 is 2.87 bits per heavy atom. The molecule has 0 saturated carbocycles. The van der Waals surface area contributed by atoms with Gasteiger partial charge in [-0.3, -0.25) is 19.3 Å². The molecular weight excluding hydrogens is 298 g/mol. The van der Waals surface area contributed by atoms with E-state index < -0.39 is 0 Å². The first-order valence-electron chi connectivity index (χ1n) is 7.82. The molecule has 2 N–H and O–H groups in total. The van der Waals surface area contributed by atoms with E-state index in [0.29, 0.717) is 26.1 Å². The third-order valence-corrected chi connectivity index (χ3v) is 4.91. The highest BCUT2D eigenvalue weighted by atomic mass is 16.2. The Morgan fingerprint density at radius 1 is 1.30 bits per heavy atom. The molecule has 1 spiro atoms. The fourth-order valence-electron chi connectivity index (χ4n) is 3.39. The van der Waals surface area contributed by atoms with Gasteiger partial charge in [-0.15, -0.1) is 0 Å². The van der Waals surface area contributed by atoms with Gasteiger partial charge in [0.2, 0.25) is 5.91 Å². The fourth-order valence-corrected chi connectivity index (χ4v) is 3.39. The molecule has 0 aromatic carbocycles. The van der Waals surface area contributed by atoms with Crippen LogP contribution >= 0.6 is 0 Å². The number of nitrogens with zero attached hydrogens (tertiary/aromatic N) is 3. The molecule has 2 amide bonds. The van der Waals surface area contributed by atoms with Gasteiger partial charge in [0.15, 0.2) is 0 Å². The van der Waals surface area contributed by atoms with E-state index in [4.69, 9.17) is 0 Å². The van der Waals surface area contributed by atoms with Gasteiger partial charge >= 0.3 is 0 Å². The zero-order valence-corrected chi connectivity index (χ0v) is 13.2. The van der Waals surface area contributed by atoms with Gasteiger partial charge in [0, 0.05) is 44.3 Å². The predicted molar refractivity (Wildman–Crippen MR) is 83.0 cm³/mol. The van der Waals surface area contributed by atoms with Crippen LogP contribution in [-0.2, 0) is 4.79 Å². The molecule has 124 valence electrons. The lowest BCUT2D eigenvalue weighted by Gasteiger charge is -2.49. The van der Waals surface area contributed by atoms with Crippen molar-refractivity contribution in [3.05, 3.63) is 28.4 Å². The number of H-pyrrole nitrogens is 1. The van der Waals surface area contributed by atoms with Crippen LogP contribution < -0.4 is 10.9 Å². The molecule has 3 rings (SSSR count). The lowest BCUT2D eigenvalue weighted by Crippen LogP contribution is -2.62. The molecule has 1 atom stereocenters. The third kappa shape index (κ3) is 3.12. The van der Waals surface area contributed by atoms with Crippen molar-refractivity contribution >= 4 is 11.8 Å². The molecule has 23 heavy (non-hydrogen) atoms. The van der Waals surface area contributed by atoms with E-state index >= 15 is 0 Å². The van der Waals surface area contributed by atoms with E-state index in [9.17, 15) is 14.4 Å². The number of nitrogens with one attached hydrogen (secondary N) is 2. The maximum Gasteiger partial charge on any atom is 0.274 e. The topological polar surface area (TPSA) is 98.4 Å². The molecule has 1 unspecified atom stereocenters. The van der Waals surface area contributed by atoms with Gasteiger partial charge in [0.1, 0.15) is 5.69 Å². The number of aromatic nitrogens is 2. The number of aromatic amines is 1. The van der Waals surface area contributed by atoms with Crippen molar-refractivity contribution in [1.82, 2.24) is 25.1 Å². The number of carbonyl (C=O) groups excluding carboxylic acids is 2. The second-order valence-electron chi connectivity index (χ2n) is 6.27. The summed E-state index contributed by atoms with van der Waals surface area (Å²) < 4.78 is 0. The lowest BCUT2D eigenvalue weighted by molar-refractivity contribution is -0.121. The monoisotopic (exact) mass is 319 g/mol. The molecule has 0 radical (unpaired) electrons. The SMILES string of the molecule is CN1CCN(C(=O)c2c[nH]c(=O)cn2)CC12CCNC(=O)CC2. The van der Waals surface area contributed by atoms with Gasteiger partial charge in [-0.1, -0.05) is 0 Å². The smallest absolute Gasteiger partial charge is 0.274 e. The molecule has 1 aromatic heterocycles. The van der Waals surface area contributed by atoms with Crippen molar-refractivity contribution in [3.8, 4) is 0 Å². The molecular formula is C15H21N5O3. The average molecular weight is 319 g/mol. The van der Waals surface area contributed by atoms with Crippen molar-refractivity contribution in [1.29, 1.82) is 0 Å². The third-order valence-electron chi connectivity index (χ3n) is 4.91. The minimum absolute atomic E-state index is 0.0704. The van der Waals surface area contributed by atoms with Crippen LogP contribution in [0.4, 0.5) is 0 Å². The Morgan fingerprint density at radius 2 is 2.13 bits per heavy atom. The number of carbonyl (C=O) groups is 2. The van der Waals surface area contributed by atoms with Gasteiger partial charge in [-0.25, -0.2) is 4.98 Å². The molecule has 2 aliphatic rings. The summed E-state index contributed by atoms with van der Waals surface area (Å²) in [4.78, 5) is 45.8. The van der Waals surface area contributed by atoms with E-state index in [-0.39, 0.29) is 28.6 Å². The van der Waals surface area contributed by atoms with Gasteiger partial charge < -0.3 is 15.2 Å². The maximum absolute atomic E-state index is 12.6. The van der Waals surface area contributed by atoms with Crippen molar-refractivity contribution in [2.45, 2.75) is 24.8 Å². The number of amides is 2. The van der Waals surface area contributed by atoms with Crippen LogP contribution in [0, 0.1) is 0 Å². The summed E-state index contributed by atoms with van der Waals surface area (Å²) in [6, 6.07) is 0. The quantitative estimate of drug-likeness (QED) is 0.706. The summed E-state index contributed by atoms with van der Waals surface area (Å²) in [6.07, 6.45) is 4.50. The predicted octanol–water partition coefficient (Wildman–Crippen LogP) is -0.804. The van der Waals surface area contributed by atoms with Gasteiger partial charge in [0.05, 0.1) is 6.20 Å². The Bertz CT molecular complexity index is 653. The number of likely N-dealkylation sites (N-methyl/N-ethyl adjacent to an activating group) is 1. The van der Waals surface area contributed by atoms with E-state index in [1.54, 1.807) is 4.90 Å². The molecule has 0 bridgehead atoms. The van der Waals surface area contributed by atoms with Crippen molar-refractivity contribution in [2.24, 2.45) is 0 Å². The summed E-state index contributed by atoms with van der Waals surface area (Å²) in [5, 5.41) is 2.90. The van der Waals surface area contributed by atoms with Crippen LogP contribution in [0.1, 0.15) is 29.8 Å². The molecule has 3 heterocycles. The van der Waals surface area contributed by atoms with Crippen LogP contribution in [0.2, 0.25) is 0 Å². The van der Waals surface area contributed by atoms with Crippen molar-refractivity contribution < 1.29 is 9.59 Å². The molecule has 1 aromatic rings. The van der Waals surface area contributed by atoms with E-state index in [1.165, 1.54) is 6.20 Å². The summed E-state index contributed by atoms with van der Waals surface area (Å²) in [6.45, 7) is 2.56. The highest BCUT2D eigenvalue weighted by Gasteiger charge is 2.42.